The van der Waals surface area contributed by atoms with Gasteiger partial charge in [-0.05, 0) is 36.8 Å². The number of thiophene rings is 1. The summed E-state index contributed by atoms with van der Waals surface area (Å²) in [5, 5.41) is 9.99. The van der Waals surface area contributed by atoms with Gasteiger partial charge in [0.05, 0.1) is 5.56 Å². The van der Waals surface area contributed by atoms with E-state index in [1.54, 1.807) is 12.1 Å². The Hall–Kier alpha value is -1.40. The molecule has 0 aliphatic rings. The second-order valence-electron chi connectivity index (χ2n) is 4.09. The highest BCUT2D eigenvalue weighted by molar-refractivity contribution is 7.12. The van der Waals surface area contributed by atoms with Crippen molar-refractivity contribution in [2.45, 2.75) is 19.2 Å². The van der Waals surface area contributed by atoms with Crippen molar-refractivity contribution >= 4 is 11.3 Å². The van der Waals surface area contributed by atoms with Crippen LogP contribution in [-0.4, -0.2) is 5.11 Å². The topological polar surface area (TPSA) is 20.2 Å². The summed E-state index contributed by atoms with van der Waals surface area (Å²) in [6, 6.07) is 5.91. The second kappa shape index (κ2) is 4.94. The Bertz CT molecular complexity index is 589. The number of hydrogen-bond donors (Lipinski definition) is 1. The smallest absolute Gasteiger partial charge is 0.383 e. The van der Waals surface area contributed by atoms with Crippen molar-refractivity contribution in [3.63, 3.8) is 0 Å². The quantitative estimate of drug-likeness (QED) is 0.818. The van der Waals surface area contributed by atoms with Crippen LogP contribution in [0.4, 0.5) is 17.6 Å². The van der Waals surface area contributed by atoms with E-state index in [1.807, 2.05) is 6.92 Å². The van der Waals surface area contributed by atoms with Gasteiger partial charge in [-0.15, -0.1) is 11.3 Å². The summed E-state index contributed by atoms with van der Waals surface area (Å²) in [7, 11) is 0. The molecular formula is C13H10F4OS. The fraction of sp³-hybridized carbons (Fsp3) is 0.231. The van der Waals surface area contributed by atoms with Crippen molar-refractivity contribution in [3.05, 3.63) is 57.0 Å². The molecule has 0 bridgehead atoms. The monoisotopic (exact) mass is 290 g/mol. The van der Waals surface area contributed by atoms with Crippen molar-refractivity contribution in [2.75, 3.05) is 0 Å². The van der Waals surface area contributed by atoms with Crippen molar-refractivity contribution < 1.29 is 22.7 Å². The van der Waals surface area contributed by atoms with Gasteiger partial charge in [0.2, 0.25) is 0 Å². The first kappa shape index (κ1) is 14.0. The fourth-order valence-electron chi connectivity index (χ4n) is 1.70. The van der Waals surface area contributed by atoms with Crippen LogP contribution in [0.2, 0.25) is 0 Å². The van der Waals surface area contributed by atoms with Gasteiger partial charge in [-0.3, -0.25) is 0 Å². The standard InChI is InChI=1S/C13H10F4OS/c1-7-2-5-11(19-7)12(18)8-3-4-9(10(14)6-8)13(15,16)17/h2-6,12,18H,1H3. The maximum Gasteiger partial charge on any atom is 0.419 e. The van der Waals surface area contributed by atoms with Gasteiger partial charge in [-0.2, -0.15) is 13.2 Å². The number of rotatable bonds is 2. The zero-order chi connectivity index (χ0) is 14.2. The average Bonchev–Trinajstić information content (AvgIpc) is 2.73. The Morgan fingerprint density at radius 1 is 1.16 bits per heavy atom. The molecule has 0 aliphatic carbocycles. The van der Waals surface area contributed by atoms with Gasteiger partial charge in [-0.25, -0.2) is 4.39 Å². The molecule has 0 saturated heterocycles. The van der Waals surface area contributed by atoms with Gasteiger partial charge >= 0.3 is 6.18 Å². The van der Waals surface area contributed by atoms with E-state index >= 15 is 0 Å². The van der Waals surface area contributed by atoms with Gasteiger partial charge in [0.1, 0.15) is 11.9 Å². The lowest BCUT2D eigenvalue weighted by Gasteiger charge is -2.12. The van der Waals surface area contributed by atoms with Crippen LogP contribution in [-0.2, 0) is 6.18 Å². The van der Waals surface area contributed by atoms with Crippen molar-refractivity contribution in [3.8, 4) is 0 Å². The number of aliphatic hydroxyl groups is 1. The van der Waals surface area contributed by atoms with Crippen LogP contribution >= 0.6 is 11.3 Å². The van der Waals surface area contributed by atoms with Crippen molar-refractivity contribution in [1.82, 2.24) is 0 Å². The molecule has 1 heterocycles. The second-order valence-corrected chi connectivity index (χ2v) is 5.41. The average molecular weight is 290 g/mol. The normalized spacial score (nSPS) is 13.6. The molecule has 1 aromatic carbocycles. The molecule has 0 amide bonds. The zero-order valence-electron chi connectivity index (χ0n) is 9.83. The number of aliphatic hydroxyl groups excluding tert-OH is 1. The summed E-state index contributed by atoms with van der Waals surface area (Å²) in [6.45, 7) is 1.84. The summed E-state index contributed by atoms with van der Waals surface area (Å²) < 4.78 is 50.6. The van der Waals surface area contributed by atoms with E-state index in [1.165, 1.54) is 11.3 Å². The summed E-state index contributed by atoms with van der Waals surface area (Å²) in [6.07, 6.45) is -5.84. The molecule has 0 spiro atoms. The van der Waals surface area contributed by atoms with E-state index in [2.05, 4.69) is 0 Å². The number of alkyl halides is 3. The highest BCUT2D eigenvalue weighted by atomic mass is 32.1. The number of halogens is 4. The highest BCUT2D eigenvalue weighted by Gasteiger charge is 2.34. The summed E-state index contributed by atoms with van der Waals surface area (Å²) in [4.78, 5) is 1.53. The van der Waals surface area contributed by atoms with E-state index in [-0.39, 0.29) is 5.56 Å². The largest absolute Gasteiger partial charge is 0.419 e. The van der Waals surface area contributed by atoms with Gasteiger partial charge in [0.25, 0.3) is 0 Å². The third kappa shape index (κ3) is 2.96. The first-order valence-corrected chi connectivity index (χ1v) is 6.21. The van der Waals surface area contributed by atoms with E-state index in [9.17, 15) is 22.7 Å². The van der Waals surface area contributed by atoms with Gasteiger partial charge in [0.15, 0.2) is 0 Å². The third-order valence-corrected chi connectivity index (χ3v) is 3.70. The minimum atomic E-state index is -4.73. The molecule has 1 N–H and O–H groups in total. The van der Waals surface area contributed by atoms with Crippen LogP contribution in [0.5, 0.6) is 0 Å². The molecule has 0 radical (unpaired) electrons. The molecule has 19 heavy (non-hydrogen) atoms. The Balaban J connectivity index is 2.35. The molecule has 6 heteroatoms. The summed E-state index contributed by atoms with van der Waals surface area (Å²) >= 11 is 1.31. The van der Waals surface area contributed by atoms with E-state index in [4.69, 9.17) is 0 Å². The van der Waals surface area contributed by atoms with Crippen molar-refractivity contribution in [2.24, 2.45) is 0 Å². The fourth-order valence-corrected chi connectivity index (χ4v) is 2.59. The minimum absolute atomic E-state index is 0.104. The maximum absolute atomic E-state index is 13.4. The number of hydrogen-bond acceptors (Lipinski definition) is 2. The molecule has 1 unspecified atom stereocenters. The van der Waals surface area contributed by atoms with E-state index < -0.39 is 23.7 Å². The Morgan fingerprint density at radius 2 is 1.84 bits per heavy atom. The molecule has 0 aliphatic heterocycles. The Morgan fingerprint density at radius 3 is 2.32 bits per heavy atom. The molecule has 2 aromatic rings. The van der Waals surface area contributed by atoms with Crippen LogP contribution in [0, 0.1) is 12.7 Å². The molecule has 2 rings (SSSR count). The first-order chi connectivity index (χ1) is 8.79. The van der Waals surface area contributed by atoms with Gasteiger partial charge in [-0.1, -0.05) is 6.07 Å². The molecule has 1 aromatic heterocycles. The lowest BCUT2D eigenvalue weighted by Crippen LogP contribution is -2.09. The van der Waals surface area contributed by atoms with E-state index in [0.717, 1.165) is 17.0 Å². The minimum Gasteiger partial charge on any atom is -0.383 e. The molecular weight excluding hydrogens is 280 g/mol. The van der Waals surface area contributed by atoms with E-state index in [0.29, 0.717) is 10.9 Å². The lowest BCUT2D eigenvalue weighted by molar-refractivity contribution is -0.140. The third-order valence-electron chi connectivity index (χ3n) is 2.64. The predicted octanol–water partition coefficient (Wildman–Crippen LogP) is 4.30. The summed E-state index contributed by atoms with van der Waals surface area (Å²) in [5.74, 6) is -1.38. The highest BCUT2D eigenvalue weighted by Crippen LogP contribution is 2.34. The van der Waals surface area contributed by atoms with Crippen LogP contribution < -0.4 is 0 Å². The van der Waals surface area contributed by atoms with Gasteiger partial charge < -0.3 is 5.11 Å². The molecule has 0 saturated carbocycles. The van der Waals surface area contributed by atoms with Crippen LogP contribution in [0.15, 0.2) is 30.3 Å². The lowest BCUT2D eigenvalue weighted by atomic mass is 10.0. The van der Waals surface area contributed by atoms with Crippen LogP contribution in [0.3, 0.4) is 0 Å². The number of benzene rings is 1. The molecule has 1 nitrogen and oxygen atoms in total. The molecule has 0 fully saturated rings. The maximum atomic E-state index is 13.4. The van der Waals surface area contributed by atoms with Crippen LogP contribution in [0.1, 0.15) is 27.0 Å². The number of aryl methyl sites for hydroxylation is 1. The SMILES string of the molecule is Cc1ccc(C(O)c2ccc(C(F)(F)F)c(F)c2)s1. The zero-order valence-corrected chi connectivity index (χ0v) is 10.6. The Kier molecular flexibility index (Phi) is 3.64. The van der Waals surface area contributed by atoms with Crippen molar-refractivity contribution in [1.29, 1.82) is 0 Å². The van der Waals surface area contributed by atoms with Gasteiger partial charge in [0, 0.05) is 9.75 Å². The first-order valence-electron chi connectivity index (χ1n) is 5.40. The summed E-state index contributed by atoms with van der Waals surface area (Å²) in [5.41, 5.74) is -1.22. The molecule has 102 valence electrons. The predicted molar refractivity (Wildman–Crippen MR) is 64.5 cm³/mol. The molecule has 1 atom stereocenters. The Labute approximate surface area is 111 Å². The van der Waals surface area contributed by atoms with Crippen LogP contribution in [0.25, 0.3) is 0 Å².